The molecule has 2 rings (SSSR count). The minimum absolute atomic E-state index is 0.285. The molecule has 21 heavy (non-hydrogen) atoms. The topological polar surface area (TPSA) is 60.2 Å². The van der Waals surface area contributed by atoms with Crippen LogP contribution >= 0.6 is 0 Å². The van der Waals surface area contributed by atoms with Crippen LogP contribution in [0.1, 0.15) is 58.7 Å². The second kappa shape index (κ2) is 5.73. The molecule has 0 amide bonds. The number of hydrogen-bond donors (Lipinski definition) is 1. The van der Waals surface area contributed by atoms with Gasteiger partial charge in [-0.1, -0.05) is 6.42 Å². The van der Waals surface area contributed by atoms with E-state index in [0.717, 1.165) is 29.5 Å². The Bertz CT molecular complexity index is 633. The third-order valence-corrected chi connectivity index (χ3v) is 7.73. The van der Waals surface area contributed by atoms with Crippen LogP contribution in [0.2, 0.25) is 0 Å². The summed E-state index contributed by atoms with van der Waals surface area (Å²) < 4.78 is 24.8. The zero-order valence-corrected chi connectivity index (χ0v) is 14.6. The van der Waals surface area contributed by atoms with Crippen LogP contribution in [0.5, 0.6) is 0 Å². The van der Waals surface area contributed by atoms with E-state index in [1.807, 2.05) is 0 Å². The zero-order chi connectivity index (χ0) is 15.9. The van der Waals surface area contributed by atoms with Gasteiger partial charge in [0.1, 0.15) is 0 Å². The molecule has 1 heterocycles. The fourth-order valence-electron chi connectivity index (χ4n) is 3.60. The largest absolute Gasteiger partial charge is 0.323 e. The fourth-order valence-corrected chi connectivity index (χ4v) is 5.62. The summed E-state index contributed by atoms with van der Waals surface area (Å²) in [6.07, 6.45) is 2.42. The summed E-state index contributed by atoms with van der Waals surface area (Å²) >= 11 is 0. The maximum absolute atomic E-state index is 12.4. The molecule has 0 bridgehead atoms. The molecule has 1 saturated heterocycles. The molecular formula is C17H27NO2S. The van der Waals surface area contributed by atoms with Crippen molar-refractivity contribution in [1.82, 2.24) is 0 Å². The Morgan fingerprint density at radius 1 is 0.905 bits per heavy atom. The van der Waals surface area contributed by atoms with Gasteiger partial charge in [0, 0.05) is 6.04 Å². The summed E-state index contributed by atoms with van der Waals surface area (Å²) in [7, 11) is -3.07. The monoisotopic (exact) mass is 309 g/mol. The van der Waals surface area contributed by atoms with Gasteiger partial charge in [0.15, 0.2) is 9.84 Å². The third kappa shape index (κ3) is 2.76. The van der Waals surface area contributed by atoms with Crippen LogP contribution in [0, 0.1) is 34.6 Å². The Morgan fingerprint density at radius 2 is 1.38 bits per heavy atom. The standard InChI is InChI=1S/C17H27NO2S/c1-10-11(2)13(4)16(14(5)12(10)3)17(18)15-8-6-7-9-21(15,19)20/h15,17H,6-9,18H2,1-5H3. The number of hydrogen-bond acceptors (Lipinski definition) is 3. The molecule has 0 radical (unpaired) electrons. The van der Waals surface area contributed by atoms with E-state index in [0.29, 0.717) is 6.42 Å². The van der Waals surface area contributed by atoms with Crippen LogP contribution in [0.4, 0.5) is 0 Å². The van der Waals surface area contributed by atoms with Gasteiger partial charge < -0.3 is 5.73 Å². The highest BCUT2D eigenvalue weighted by Crippen LogP contribution is 2.35. The average molecular weight is 309 g/mol. The molecule has 2 atom stereocenters. The van der Waals surface area contributed by atoms with E-state index >= 15 is 0 Å². The van der Waals surface area contributed by atoms with Crippen LogP contribution in [0.15, 0.2) is 0 Å². The van der Waals surface area contributed by atoms with Gasteiger partial charge in [-0.15, -0.1) is 0 Å². The molecule has 1 aliphatic rings. The molecule has 118 valence electrons. The Balaban J connectivity index is 2.56. The molecule has 1 aromatic rings. The highest BCUT2D eigenvalue weighted by Gasteiger charge is 2.36. The van der Waals surface area contributed by atoms with Gasteiger partial charge in [0.2, 0.25) is 0 Å². The van der Waals surface area contributed by atoms with Crippen LogP contribution in [0.3, 0.4) is 0 Å². The summed E-state index contributed by atoms with van der Waals surface area (Å²) in [4.78, 5) is 0. The second-order valence-corrected chi connectivity index (χ2v) is 8.81. The van der Waals surface area contributed by atoms with Gasteiger partial charge in [-0.05, 0) is 80.8 Å². The van der Waals surface area contributed by atoms with Crippen molar-refractivity contribution in [2.75, 3.05) is 5.75 Å². The normalized spacial score (nSPS) is 23.0. The zero-order valence-electron chi connectivity index (χ0n) is 13.8. The predicted octanol–water partition coefficient (Wildman–Crippen LogP) is 3.20. The van der Waals surface area contributed by atoms with Crippen molar-refractivity contribution >= 4 is 9.84 Å². The van der Waals surface area contributed by atoms with Crippen molar-refractivity contribution in [2.24, 2.45) is 5.73 Å². The van der Waals surface area contributed by atoms with Crippen LogP contribution in [-0.4, -0.2) is 19.4 Å². The van der Waals surface area contributed by atoms with E-state index in [1.165, 1.54) is 16.7 Å². The second-order valence-electron chi connectivity index (χ2n) is 6.47. The first-order valence-electron chi connectivity index (χ1n) is 7.72. The average Bonchev–Trinajstić information content (AvgIpc) is 2.42. The van der Waals surface area contributed by atoms with Crippen molar-refractivity contribution in [3.8, 4) is 0 Å². The number of sulfone groups is 1. The number of rotatable bonds is 2. The maximum atomic E-state index is 12.4. The highest BCUT2D eigenvalue weighted by molar-refractivity contribution is 7.92. The molecule has 0 saturated carbocycles. The first-order valence-corrected chi connectivity index (χ1v) is 9.44. The van der Waals surface area contributed by atoms with Crippen LogP contribution < -0.4 is 5.73 Å². The number of benzene rings is 1. The van der Waals surface area contributed by atoms with E-state index in [-0.39, 0.29) is 5.75 Å². The molecule has 0 aliphatic carbocycles. The Labute approximate surface area is 128 Å². The Kier molecular flexibility index (Phi) is 4.50. The summed E-state index contributed by atoms with van der Waals surface area (Å²) in [6.45, 7) is 10.5. The lowest BCUT2D eigenvalue weighted by Gasteiger charge is -2.31. The molecule has 1 aliphatic heterocycles. The van der Waals surface area contributed by atoms with Crippen molar-refractivity contribution in [1.29, 1.82) is 0 Å². The summed E-state index contributed by atoms with van der Waals surface area (Å²) in [5, 5.41) is -0.426. The summed E-state index contributed by atoms with van der Waals surface area (Å²) in [5.74, 6) is 0.285. The minimum atomic E-state index is -3.07. The van der Waals surface area contributed by atoms with Gasteiger partial charge in [0.25, 0.3) is 0 Å². The van der Waals surface area contributed by atoms with Gasteiger partial charge >= 0.3 is 0 Å². The maximum Gasteiger partial charge on any atom is 0.155 e. The van der Waals surface area contributed by atoms with Gasteiger partial charge in [0.05, 0.1) is 11.0 Å². The lowest BCUT2D eigenvalue weighted by molar-refractivity contribution is 0.503. The smallest absolute Gasteiger partial charge is 0.155 e. The van der Waals surface area contributed by atoms with Crippen molar-refractivity contribution in [3.63, 3.8) is 0 Å². The van der Waals surface area contributed by atoms with Crippen molar-refractivity contribution in [3.05, 3.63) is 33.4 Å². The Morgan fingerprint density at radius 3 is 1.86 bits per heavy atom. The van der Waals surface area contributed by atoms with Gasteiger partial charge in [-0.2, -0.15) is 0 Å². The summed E-state index contributed by atoms with van der Waals surface area (Å²) in [6, 6.07) is -0.409. The predicted molar refractivity (Wildman–Crippen MR) is 88.5 cm³/mol. The SMILES string of the molecule is Cc1c(C)c(C)c(C(N)C2CCCCS2(=O)=O)c(C)c1C. The fraction of sp³-hybridized carbons (Fsp3) is 0.647. The first-order chi connectivity index (χ1) is 9.68. The molecule has 0 aromatic heterocycles. The molecule has 3 nitrogen and oxygen atoms in total. The quantitative estimate of drug-likeness (QED) is 0.912. The van der Waals surface area contributed by atoms with E-state index in [2.05, 4.69) is 34.6 Å². The molecule has 1 fully saturated rings. The third-order valence-electron chi connectivity index (χ3n) is 5.42. The molecule has 0 spiro atoms. The highest BCUT2D eigenvalue weighted by atomic mass is 32.2. The van der Waals surface area contributed by atoms with E-state index < -0.39 is 21.1 Å². The molecular weight excluding hydrogens is 282 g/mol. The Hall–Kier alpha value is -0.870. The van der Waals surface area contributed by atoms with E-state index in [1.54, 1.807) is 0 Å². The molecule has 2 N–H and O–H groups in total. The number of nitrogens with two attached hydrogens (primary N) is 1. The molecule has 1 aromatic carbocycles. The van der Waals surface area contributed by atoms with Gasteiger partial charge in [-0.25, -0.2) is 8.42 Å². The van der Waals surface area contributed by atoms with Gasteiger partial charge in [-0.3, -0.25) is 0 Å². The minimum Gasteiger partial charge on any atom is -0.323 e. The van der Waals surface area contributed by atoms with Crippen LogP contribution in [0.25, 0.3) is 0 Å². The molecule has 4 heteroatoms. The van der Waals surface area contributed by atoms with E-state index in [9.17, 15) is 8.42 Å². The van der Waals surface area contributed by atoms with Crippen molar-refractivity contribution < 1.29 is 8.42 Å². The van der Waals surface area contributed by atoms with Crippen molar-refractivity contribution in [2.45, 2.75) is 65.2 Å². The van der Waals surface area contributed by atoms with E-state index in [4.69, 9.17) is 5.73 Å². The summed E-state index contributed by atoms with van der Waals surface area (Å²) in [5.41, 5.74) is 13.6. The van der Waals surface area contributed by atoms with Crippen LogP contribution in [-0.2, 0) is 9.84 Å². The lowest BCUT2D eigenvalue weighted by atomic mass is 9.85. The molecule has 2 unspecified atom stereocenters. The first kappa shape index (κ1) is 16.5. The lowest BCUT2D eigenvalue weighted by Crippen LogP contribution is -2.38.